The summed E-state index contributed by atoms with van der Waals surface area (Å²) < 4.78 is 1.89. The van der Waals surface area contributed by atoms with Crippen LogP contribution in [0, 0.1) is 0 Å². The number of nitrogens with one attached hydrogen (secondary N) is 1. The Hall–Kier alpha value is -0.590. The Morgan fingerprint density at radius 2 is 2.50 bits per heavy atom. The standard InChI is InChI=1S/C8H16N4OS/c1-9-7(3-4-13)5-14-8-11-10-6-12(8)2/h6-7,9,13H,3-5H2,1-2H3. The second kappa shape index (κ2) is 6.00. The molecule has 0 fully saturated rings. The molecule has 1 aromatic heterocycles. The summed E-state index contributed by atoms with van der Waals surface area (Å²) in [5.41, 5.74) is 0. The molecule has 0 amide bonds. The summed E-state index contributed by atoms with van der Waals surface area (Å²) in [7, 11) is 3.82. The van der Waals surface area contributed by atoms with Gasteiger partial charge in [0.05, 0.1) is 0 Å². The quantitative estimate of drug-likeness (QED) is 0.649. The van der Waals surface area contributed by atoms with Gasteiger partial charge in [0.1, 0.15) is 6.33 Å². The van der Waals surface area contributed by atoms with Crippen LogP contribution < -0.4 is 5.32 Å². The van der Waals surface area contributed by atoms with Crippen LogP contribution in [0.1, 0.15) is 6.42 Å². The first-order valence-electron chi connectivity index (χ1n) is 4.53. The fraction of sp³-hybridized carbons (Fsp3) is 0.750. The summed E-state index contributed by atoms with van der Waals surface area (Å²) in [5.74, 6) is 0.892. The number of aliphatic hydroxyl groups excluding tert-OH is 1. The number of hydrogen-bond donors (Lipinski definition) is 2. The fourth-order valence-electron chi connectivity index (χ4n) is 1.05. The average Bonchev–Trinajstić information content (AvgIpc) is 2.59. The van der Waals surface area contributed by atoms with Crippen molar-refractivity contribution in [1.82, 2.24) is 20.1 Å². The SMILES string of the molecule is CNC(CCO)CSc1nncn1C. The highest BCUT2D eigenvalue weighted by Crippen LogP contribution is 2.15. The third-order valence-corrected chi connectivity index (χ3v) is 3.17. The maximum Gasteiger partial charge on any atom is 0.190 e. The minimum atomic E-state index is 0.213. The zero-order valence-electron chi connectivity index (χ0n) is 8.47. The Balaban J connectivity index is 2.35. The monoisotopic (exact) mass is 216 g/mol. The lowest BCUT2D eigenvalue weighted by atomic mass is 10.2. The second-order valence-corrected chi connectivity index (χ2v) is 4.02. The van der Waals surface area contributed by atoms with Gasteiger partial charge in [-0.3, -0.25) is 0 Å². The van der Waals surface area contributed by atoms with Crippen molar-refractivity contribution >= 4 is 11.8 Å². The average molecular weight is 216 g/mol. The third-order valence-electron chi connectivity index (χ3n) is 1.97. The number of hydrogen-bond acceptors (Lipinski definition) is 5. The van der Waals surface area contributed by atoms with E-state index in [1.54, 1.807) is 18.1 Å². The highest BCUT2D eigenvalue weighted by molar-refractivity contribution is 7.99. The van der Waals surface area contributed by atoms with E-state index < -0.39 is 0 Å². The topological polar surface area (TPSA) is 63.0 Å². The van der Waals surface area contributed by atoms with Crippen molar-refractivity contribution in [2.75, 3.05) is 19.4 Å². The van der Waals surface area contributed by atoms with E-state index in [9.17, 15) is 0 Å². The summed E-state index contributed by atoms with van der Waals surface area (Å²) in [6, 6.07) is 0.321. The van der Waals surface area contributed by atoms with E-state index in [-0.39, 0.29) is 6.61 Å². The molecule has 0 saturated carbocycles. The first-order chi connectivity index (χ1) is 6.77. The van der Waals surface area contributed by atoms with Crippen LogP contribution in [0.3, 0.4) is 0 Å². The molecule has 0 aromatic carbocycles. The number of nitrogens with zero attached hydrogens (tertiary/aromatic N) is 3. The molecular formula is C8H16N4OS. The summed E-state index contributed by atoms with van der Waals surface area (Å²) in [5, 5.41) is 20.6. The molecule has 0 saturated heterocycles. The van der Waals surface area contributed by atoms with Gasteiger partial charge in [-0.05, 0) is 13.5 Å². The molecule has 0 aliphatic carbocycles. The van der Waals surface area contributed by atoms with Crippen LogP contribution in [-0.4, -0.2) is 45.3 Å². The molecule has 0 spiro atoms. The van der Waals surface area contributed by atoms with E-state index in [1.807, 2.05) is 18.7 Å². The van der Waals surface area contributed by atoms with Crippen LogP contribution in [0.15, 0.2) is 11.5 Å². The fourth-order valence-corrected chi connectivity index (χ4v) is 2.08. The van der Waals surface area contributed by atoms with Gasteiger partial charge in [-0.2, -0.15) is 0 Å². The van der Waals surface area contributed by atoms with E-state index in [0.717, 1.165) is 17.3 Å². The second-order valence-electron chi connectivity index (χ2n) is 3.03. The van der Waals surface area contributed by atoms with Crippen molar-refractivity contribution in [2.45, 2.75) is 17.6 Å². The Labute approximate surface area is 87.9 Å². The summed E-state index contributed by atoms with van der Waals surface area (Å²) in [6.45, 7) is 0.213. The first-order valence-corrected chi connectivity index (χ1v) is 5.51. The maximum atomic E-state index is 8.80. The van der Waals surface area contributed by atoms with Gasteiger partial charge in [-0.25, -0.2) is 0 Å². The minimum Gasteiger partial charge on any atom is -0.396 e. The van der Waals surface area contributed by atoms with Crippen molar-refractivity contribution in [3.05, 3.63) is 6.33 Å². The Morgan fingerprint density at radius 1 is 1.71 bits per heavy atom. The molecule has 80 valence electrons. The van der Waals surface area contributed by atoms with Gasteiger partial charge in [-0.15, -0.1) is 10.2 Å². The smallest absolute Gasteiger partial charge is 0.190 e. The van der Waals surface area contributed by atoms with Crippen molar-refractivity contribution in [2.24, 2.45) is 7.05 Å². The molecule has 5 nitrogen and oxygen atoms in total. The van der Waals surface area contributed by atoms with Crippen molar-refractivity contribution in [3.8, 4) is 0 Å². The molecule has 14 heavy (non-hydrogen) atoms. The molecule has 1 atom stereocenters. The van der Waals surface area contributed by atoms with Crippen LogP contribution in [0.4, 0.5) is 0 Å². The molecule has 1 unspecified atom stereocenters. The molecule has 2 N–H and O–H groups in total. The van der Waals surface area contributed by atoms with Gasteiger partial charge in [0.2, 0.25) is 0 Å². The number of thioether (sulfide) groups is 1. The molecule has 1 rings (SSSR count). The number of aromatic nitrogens is 3. The van der Waals surface area contributed by atoms with Gasteiger partial charge in [0.15, 0.2) is 5.16 Å². The largest absolute Gasteiger partial charge is 0.396 e. The Morgan fingerprint density at radius 3 is 3.00 bits per heavy atom. The van der Waals surface area contributed by atoms with Crippen LogP contribution in [0.2, 0.25) is 0 Å². The van der Waals surface area contributed by atoms with Crippen molar-refractivity contribution in [3.63, 3.8) is 0 Å². The van der Waals surface area contributed by atoms with Crippen LogP contribution in [-0.2, 0) is 7.05 Å². The molecule has 6 heteroatoms. The number of rotatable bonds is 6. The van der Waals surface area contributed by atoms with E-state index in [4.69, 9.17) is 5.11 Å². The lowest BCUT2D eigenvalue weighted by molar-refractivity contribution is 0.273. The van der Waals surface area contributed by atoms with E-state index in [2.05, 4.69) is 15.5 Å². The molecule has 0 radical (unpaired) electrons. The molecular weight excluding hydrogens is 200 g/mol. The van der Waals surface area contributed by atoms with Gasteiger partial charge >= 0.3 is 0 Å². The van der Waals surface area contributed by atoms with E-state index >= 15 is 0 Å². The first kappa shape index (κ1) is 11.5. The van der Waals surface area contributed by atoms with E-state index in [0.29, 0.717) is 6.04 Å². The number of aryl methyl sites for hydroxylation is 1. The van der Waals surface area contributed by atoms with Gasteiger partial charge < -0.3 is 15.0 Å². The van der Waals surface area contributed by atoms with Gasteiger partial charge in [-0.1, -0.05) is 11.8 Å². The highest BCUT2D eigenvalue weighted by atomic mass is 32.2. The molecule has 1 aromatic rings. The molecule has 0 bridgehead atoms. The Kier molecular flexibility index (Phi) is 4.92. The van der Waals surface area contributed by atoms with Crippen LogP contribution in [0.25, 0.3) is 0 Å². The van der Waals surface area contributed by atoms with Gasteiger partial charge in [0.25, 0.3) is 0 Å². The van der Waals surface area contributed by atoms with Crippen LogP contribution in [0.5, 0.6) is 0 Å². The van der Waals surface area contributed by atoms with Crippen molar-refractivity contribution in [1.29, 1.82) is 0 Å². The summed E-state index contributed by atoms with van der Waals surface area (Å²) in [6.07, 6.45) is 2.45. The zero-order chi connectivity index (χ0) is 10.4. The Bertz CT molecular complexity index is 266. The molecule has 1 heterocycles. The predicted molar refractivity (Wildman–Crippen MR) is 56.3 cm³/mol. The van der Waals surface area contributed by atoms with Crippen molar-refractivity contribution < 1.29 is 5.11 Å². The van der Waals surface area contributed by atoms with Crippen LogP contribution >= 0.6 is 11.8 Å². The number of aliphatic hydroxyl groups is 1. The van der Waals surface area contributed by atoms with Gasteiger partial charge in [0, 0.05) is 25.4 Å². The zero-order valence-corrected chi connectivity index (χ0v) is 9.29. The lowest BCUT2D eigenvalue weighted by Crippen LogP contribution is -2.28. The predicted octanol–water partition coefficient (Wildman–Crippen LogP) is -0.122. The lowest BCUT2D eigenvalue weighted by Gasteiger charge is -2.13. The molecule has 0 aliphatic rings. The normalized spacial score (nSPS) is 13.1. The highest BCUT2D eigenvalue weighted by Gasteiger charge is 2.08. The molecule has 0 aliphatic heterocycles. The maximum absolute atomic E-state index is 8.80. The third kappa shape index (κ3) is 3.28. The minimum absolute atomic E-state index is 0.213. The van der Waals surface area contributed by atoms with E-state index in [1.165, 1.54) is 0 Å². The summed E-state index contributed by atoms with van der Waals surface area (Å²) in [4.78, 5) is 0. The summed E-state index contributed by atoms with van der Waals surface area (Å²) >= 11 is 1.64.